The summed E-state index contributed by atoms with van der Waals surface area (Å²) < 4.78 is 0. The molecule has 2 rings (SSSR count). The van der Waals surface area contributed by atoms with Crippen LogP contribution < -0.4 is 0 Å². The molecule has 0 unspecified atom stereocenters. The number of halogens is 1. The zero-order valence-electron chi connectivity index (χ0n) is 7.30. The zero-order chi connectivity index (χ0) is 9.26. The molecule has 0 amide bonds. The highest BCUT2D eigenvalue weighted by atomic mass is 35.5. The van der Waals surface area contributed by atoms with Gasteiger partial charge in [-0.1, -0.05) is 17.7 Å². The van der Waals surface area contributed by atoms with E-state index < -0.39 is 0 Å². The minimum atomic E-state index is 0.782. The molecule has 0 fully saturated rings. The molecule has 1 N–H and O–H groups in total. The number of hydrogen-bond donors (Lipinski definition) is 1. The maximum absolute atomic E-state index is 5.88. The van der Waals surface area contributed by atoms with Gasteiger partial charge in [0.05, 0.1) is 0 Å². The van der Waals surface area contributed by atoms with E-state index in [1.54, 1.807) is 0 Å². The average Bonchev–Trinajstić information content (AvgIpc) is 2.46. The molecule has 0 radical (unpaired) electrons. The summed E-state index contributed by atoms with van der Waals surface area (Å²) in [5, 5.41) is 2.01. The Hall–Kier alpha value is -0.600. The molecule has 0 aliphatic rings. The van der Waals surface area contributed by atoms with Gasteiger partial charge in [-0.15, -0.1) is 0 Å². The van der Waals surface area contributed by atoms with Crippen molar-refractivity contribution < 1.29 is 0 Å². The lowest BCUT2D eigenvalue weighted by atomic mass is 10.2. The Morgan fingerprint density at radius 2 is 2.23 bits per heavy atom. The quantitative estimate of drug-likeness (QED) is 0.801. The molecule has 0 atom stereocenters. The first-order valence-electron chi connectivity index (χ1n) is 4.05. The van der Waals surface area contributed by atoms with Gasteiger partial charge in [-0.25, -0.2) is 0 Å². The van der Waals surface area contributed by atoms with Crippen LogP contribution in [-0.4, -0.2) is 11.2 Å². The monoisotopic (exact) mass is 211 g/mol. The fourth-order valence-corrected chi connectivity index (χ4v) is 2.03. The molecule has 0 bridgehead atoms. The highest BCUT2D eigenvalue weighted by molar-refractivity contribution is 7.97. The standard InChI is InChI=1S/C10H10ClNS/c1-13-6-9-4-7-2-3-8(11)5-10(7)12-9/h2-5,12H,6H2,1H3. The largest absolute Gasteiger partial charge is 0.358 e. The molecular weight excluding hydrogens is 202 g/mol. The third-order valence-electron chi connectivity index (χ3n) is 1.94. The molecule has 1 heterocycles. The highest BCUT2D eigenvalue weighted by Crippen LogP contribution is 2.21. The first-order valence-corrected chi connectivity index (χ1v) is 5.83. The van der Waals surface area contributed by atoms with E-state index in [1.165, 1.54) is 11.1 Å². The van der Waals surface area contributed by atoms with Crippen molar-refractivity contribution in [2.45, 2.75) is 5.75 Å². The van der Waals surface area contributed by atoms with Crippen LogP contribution in [0, 0.1) is 0 Å². The van der Waals surface area contributed by atoms with Gasteiger partial charge in [0.25, 0.3) is 0 Å². The molecule has 68 valence electrons. The van der Waals surface area contributed by atoms with Crippen LogP contribution in [0.5, 0.6) is 0 Å². The summed E-state index contributed by atoms with van der Waals surface area (Å²) >= 11 is 7.69. The number of fused-ring (bicyclic) bond motifs is 1. The molecule has 0 saturated carbocycles. The third kappa shape index (κ3) is 1.84. The van der Waals surface area contributed by atoms with Crippen molar-refractivity contribution in [2.24, 2.45) is 0 Å². The summed E-state index contributed by atoms with van der Waals surface area (Å²) in [4.78, 5) is 3.33. The summed E-state index contributed by atoms with van der Waals surface area (Å²) in [5.74, 6) is 1.02. The van der Waals surface area contributed by atoms with Crippen molar-refractivity contribution >= 4 is 34.3 Å². The van der Waals surface area contributed by atoms with Crippen LogP contribution in [0.4, 0.5) is 0 Å². The predicted octanol–water partition coefficient (Wildman–Crippen LogP) is 3.68. The van der Waals surface area contributed by atoms with Gasteiger partial charge in [-0.3, -0.25) is 0 Å². The molecule has 0 aliphatic carbocycles. The fourth-order valence-electron chi connectivity index (χ4n) is 1.39. The average molecular weight is 212 g/mol. The second-order valence-corrected chi connectivity index (χ2v) is 4.26. The normalized spacial score (nSPS) is 10.9. The molecule has 3 heteroatoms. The van der Waals surface area contributed by atoms with Crippen LogP contribution in [0.15, 0.2) is 24.3 Å². The molecule has 2 aromatic rings. The lowest BCUT2D eigenvalue weighted by Gasteiger charge is -1.90. The number of aromatic nitrogens is 1. The molecule has 1 aromatic heterocycles. The molecule has 13 heavy (non-hydrogen) atoms. The lowest BCUT2D eigenvalue weighted by Crippen LogP contribution is -1.76. The van der Waals surface area contributed by atoms with Gasteiger partial charge in [0, 0.05) is 22.0 Å². The number of hydrogen-bond acceptors (Lipinski definition) is 1. The predicted molar refractivity (Wildman–Crippen MR) is 60.5 cm³/mol. The van der Waals surface area contributed by atoms with E-state index in [0.29, 0.717) is 0 Å². The van der Waals surface area contributed by atoms with Crippen LogP contribution in [0.25, 0.3) is 10.9 Å². The SMILES string of the molecule is CSCc1cc2ccc(Cl)cc2[nH]1. The van der Waals surface area contributed by atoms with Gasteiger partial charge in [0.15, 0.2) is 0 Å². The van der Waals surface area contributed by atoms with Crippen molar-refractivity contribution in [3.8, 4) is 0 Å². The molecule has 0 saturated heterocycles. The van der Waals surface area contributed by atoms with Crippen LogP contribution in [0.3, 0.4) is 0 Å². The van der Waals surface area contributed by atoms with Crippen molar-refractivity contribution in [1.82, 2.24) is 4.98 Å². The van der Waals surface area contributed by atoms with Gasteiger partial charge >= 0.3 is 0 Å². The Kier molecular flexibility index (Phi) is 2.51. The van der Waals surface area contributed by atoms with Gasteiger partial charge in [-0.2, -0.15) is 11.8 Å². The minimum absolute atomic E-state index is 0.782. The van der Waals surface area contributed by atoms with E-state index in [1.807, 2.05) is 30.0 Å². The second kappa shape index (κ2) is 3.64. The molecular formula is C10H10ClNS. The van der Waals surface area contributed by atoms with Gasteiger partial charge in [0.2, 0.25) is 0 Å². The van der Waals surface area contributed by atoms with Crippen molar-refractivity contribution in [3.63, 3.8) is 0 Å². The molecule has 0 aliphatic heterocycles. The Morgan fingerprint density at radius 1 is 1.38 bits per heavy atom. The van der Waals surface area contributed by atoms with Gasteiger partial charge in [-0.05, 0) is 29.8 Å². The topological polar surface area (TPSA) is 15.8 Å². The van der Waals surface area contributed by atoms with Gasteiger partial charge < -0.3 is 4.98 Å². The van der Waals surface area contributed by atoms with E-state index in [2.05, 4.69) is 17.3 Å². The maximum Gasteiger partial charge on any atom is 0.0471 e. The molecule has 0 spiro atoms. The van der Waals surface area contributed by atoms with E-state index in [4.69, 9.17) is 11.6 Å². The summed E-state index contributed by atoms with van der Waals surface area (Å²) in [5.41, 5.74) is 2.38. The smallest absolute Gasteiger partial charge is 0.0471 e. The zero-order valence-corrected chi connectivity index (χ0v) is 8.88. The first kappa shape index (κ1) is 8.97. The maximum atomic E-state index is 5.88. The summed E-state index contributed by atoms with van der Waals surface area (Å²) in [6, 6.07) is 8.08. The van der Waals surface area contributed by atoms with Crippen LogP contribution >= 0.6 is 23.4 Å². The van der Waals surface area contributed by atoms with E-state index in [0.717, 1.165) is 16.3 Å². The molecule has 1 aromatic carbocycles. The summed E-state index contributed by atoms with van der Waals surface area (Å²) in [7, 11) is 0. The van der Waals surface area contributed by atoms with Crippen LogP contribution in [-0.2, 0) is 5.75 Å². The van der Waals surface area contributed by atoms with Crippen LogP contribution in [0.2, 0.25) is 5.02 Å². The van der Waals surface area contributed by atoms with Gasteiger partial charge in [0.1, 0.15) is 0 Å². The fraction of sp³-hybridized carbons (Fsp3) is 0.200. The Labute approximate surface area is 86.5 Å². The Morgan fingerprint density at radius 3 is 3.00 bits per heavy atom. The molecule has 1 nitrogen and oxygen atoms in total. The van der Waals surface area contributed by atoms with Crippen molar-refractivity contribution in [1.29, 1.82) is 0 Å². The summed E-state index contributed by atoms with van der Waals surface area (Å²) in [6.07, 6.45) is 2.10. The number of benzene rings is 1. The second-order valence-electron chi connectivity index (χ2n) is 2.96. The number of nitrogens with one attached hydrogen (secondary N) is 1. The minimum Gasteiger partial charge on any atom is -0.358 e. The van der Waals surface area contributed by atoms with E-state index in [9.17, 15) is 0 Å². The third-order valence-corrected chi connectivity index (χ3v) is 2.77. The number of thioether (sulfide) groups is 1. The van der Waals surface area contributed by atoms with E-state index >= 15 is 0 Å². The Bertz CT molecular complexity index is 422. The van der Waals surface area contributed by atoms with Crippen molar-refractivity contribution in [3.05, 3.63) is 35.0 Å². The number of H-pyrrole nitrogens is 1. The lowest BCUT2D eigenvalue weighted by molar-refractivity contribution is 1.27. The van der Waals surface area contributed by atoms with Crippen molar-refractivity contribution in [2.75, 3.05) is 6.26 Å². The summed E-state index contributed by atoms with van der Waals surface area (Å²) in [6.45, 7) is 0. The Balaban J connectivity index is 2.49. The highest BCUT2D eigenvalue weighted by Gasteiger charge is 1.99. The number of rotatable bonds is 2. The first-order chi connectivity index (χ1) is 6.29. The van der Waals surface area contributed by atoms with Crippen LogP contribution in [0.1, 0.15) is 5.69 Å². The van der Waals surface area contributed by atoms with E-state index in [-0.39, 0.29) is 0 Å². The number of aromatic amines is 1.